The number of methoxy groups -OCH3 is 2. The van der Waals surface area contributed by atoms with Gasteiger partial charge in [0.1, 0.15) is 17.3 Å². The quantitative estimate of drug-likeness (QED) is 0.631. The van der Waals surface area contributed by atoms with Gasteiger partial charge < -0.3 is 14.2 Å². The maximum Gasteiger partial charge on any atom is 0.309 e. The van der Waals surface area contributed by atoms with E-state index in [9.17, 15) is 14.4 Å². The lowest BCUT2D eigenvalue weighted by atomic mass is 9.67. The van der Waals surface area contributed by atoms with Crippen LogP contribution in [0.2, 0.25) is 0 Å². The van der Waals surface area contributed by atoms with Gasteiger partial charge in [-0.3, -0.25) is 19.7 Å². The van der Waals surface area contributed by atoms with Gasteiger partial charge in [-0.15, -0.1) is 11.3 Å². The van der Waals surface area contributed by atoms with E-state index in [-0.39, 0.29) is 24.4 Å². The fourth-order valence-corrected chi connectivity index (χ4v) is 5.27. The Morgan fingerprint density at radius 1 is 1.16 bits per heavy atom. The van der Waals surface area contributed by atoms with Crippen molar-refractivity contribution >= 4 is 34.1 Å². The van der Waals surface area contributed by atoms with Crippen molar-refractivity contribution in [3.05, 3.63) is 23.6 Å². The number of amides is 1. The van der Waals surface area contributed by atoms with Gasteiger partial charge in [0.15, 0.2) is 11.7 Å². The van der Waals surface area contributed by atoms with E-state index in [1.807, 2.05) is 17.5 Å². The van der Waals surface area contributed by atoms with Crippen LogP contribution in [0.3, 0.4) is 0 Å². The van der Waals surface area contributed by atoms with Gasteiger partial charge in [0, 0.05) is 28.8 Å². The molecule has 2 aliphatic rings. The molecule has 2 aromatic rings. The van der Waals surface area contributed by atoms with Crippen LogP contribution in [0.1, 0.15) is 32.1 Å². The maximum absolute atomic E-state index is 12.5. The van der Waals surface area contributed by atoms with Crippen molar-refractivity contribution in [3.63, 3.8) is 0 Å². The minimum absolute atomic E-state index is 0.0300. The first kappa shape index (κ1) is 22.3. The molecule has 9 heteroatoms. The summed E-state index contributed by atoms with van der Waals surface area (Å²) >= 11 is 1.27. The molecule has 0 saturated heterocycles. The lowest BCUT2D eigenvalue weighted by Gasteiger charge is -2.36. The molecule has 32 heavy (non-hydrogen) atoms. The number of ether oxygens (including phenoxy) is 3. The molecule has 0 aliphatic heterocycles. The molecule has 1 aromatic carbocycles. The number of ketones is 1. The number of benzene rings is 1. The molecule has 2 bridgehead atoms. The third kappa shape index (κ3) is 4.77. The summed E-state index contributed by atoms with van der Waals surface area (Å²) < 4.78 is 15.9. The van der Waals surface area contributed by atoms with E-state index in [4.69, 9.17) is 14.2 Å². The number of aromatic nitrogens is 1. The molecular formula is C23H26N2O6S. The summed E-state index contributed by atoms with van der Waals surface area (Å²) in [6.45, 7) is -0.376. The Morgan fingerprint density at radius 3 is 2.59 bits per heavy atom. The summed E-state index contributed by atoms with van der Waals surface area (Å²) in [5, 5.41) is 4.88. The number of Topliss-reactive ketones (excluding diaryl/α,β-unsaturated/α-hetero) is 1. The average Bonchev–Trinajstić information content (AvgIpc) is 3.24. The van der Waals surface area contributed by atoms with Crippen LogP contribution in [0.4, 0.5) is 5.13 Å². The fourth-order valence-electron chi connectivity index (χ4n) is 4.55. The normalized spacial score (nSPS) is 22.2. The predicted molar refractivity (Wildman–Crippen MR) is 119 cm³/mol. The number of hydrogen-bond donors (Lipinski definition) is 1. The summed E-state index contributed by atoms with van der Waals surface area (Å²) in [6, 6.07) is 5.41. The zero-order chi connectivity index (χ0) is 22.7. The van der Waals surface area contributed by atoms with Crippen LogP contribution in [-0.2, 0) is 19.1 Å². The molecule has 2 fully saturated rings. The maximum atomic E-state index is 12.5. The Morgan fingerprint density at radius 2 is 1.91 bits per heavy atom. The summed E-state index contributed by atoms with van der Waals surface area (Å²) in [5.74, 6) is 0.366. The highest BCUT2D eigenvalue weighted by Crippen LogP contribution is 2.40. The SMILES string of the molecule is COc1ccc(-c2csc(NC(=O)COC(=O)C3C[C@H]4CCC[C@@H](C3)C4=O)n2)c(OC)c1. The second kappa shape index (κ2) is 9.68. The molecule has 1 heterocycles. The van der Waals surface area contributed by atoms with Crippen LogP contribution in [0, 0.1) is 17.8 Å². The van der Waals surface area contributed by atoms with Gasteiger partial charge in [0.25, 0.3) is 5.91 Å². The van der Waals surface area contributed by atoms with E-state index >= 15 is 0 Å². The number of anilines is 1. The number of hydrogen-bond acceptors (Lipinski definition) is 8. The van der Waals surface area contributed by atoms with Gasteiger partial charge in [-0.05, 0) is 37.8 Å². The number of thiazole rings is 1. The third-order valence-corrected chi connectivity index (χ3v) is 6.92. The molecule has 8 nitrogen and oxygen atoms in total. The third-order valence-electron chi connectivity index (χ3n) is 6.16. The van der Waals surface area contributed by atoms with Gasteiger partial charge in [-0.25, -0.2) is 4.98 Å². The standard InChI is InChI=1S/C23H26N2O6S/c1-29-16-6-7-17(19(10-16)30-2)18-12-32-23(24-18)25-20(26)11-31-22(28)15-8-13-4-3-5-14(9-15)21(13)27/h6-7,10,12-15H,3-5,8-9,11H2,1-2H3,(H,24,25,26)/t13-,14+,15?. The predicted octanol–water partition coefficient (Wildman–Crippen LogP) is 3.70. The van der Waals surface area contributed by atoms with E-state index in [0.29, 0.717) is 40.9 Å². The molecule has 3 atom stereocenters. The molecule has 170 valence electrons. The van der Waals surface area contributed by atoms with Crippen molar-refractivity contribution in [2.45, 2.75) is 32.1 Å². The average molecular weight is 459 g/mol. The van der Waals surface area contributed by atoms with Crippen molar-refractivity contribution in [1.29, 1.82) is 0 Å². The molecular weight excluding hydrogens is 432 g/mol. The van der Waals surface area contributed by atoms with Crippen molar-refractivity contribution in [1.82, 2.24) is 4.98 Å². The van der Waals surface area contributed by atoms with Gasteiger partial charge in [-0.1, -0.05) is 6.42 Å². The second-order valence-corrected chi connectivity index (χ2v) is 9.01. The molecule has 4 rings (SSSR count). The van der Waals surface area contributed by atoms with E-state index < -0.39 is 11.9 Å². The number of carbonyl (C=O) groups is 3. The highest BCUT2D eigenvalue weighted by Gasteiger charge is 2.41. The monoisotopic (exact) mass is 458 g/mol. The smallest absolute Gasteiger partial charge is 0.309 e. The fraction of sp³-hybridized carbons (Fsp3) is 0.478. The van der Waals surface area contributed by atoms with Crippen molar-refractivity contribution in [2.75, 3.05) is 26.1 Å². The Balaban J connectivity index is 1.31. The first-order valence-corrected chi connectivity index (χ1v) is 11.5. The highest BCUT2D eigenvalue weighted by molar-refractivity contribution is 7.14. The lowest BCUT2D eigenvalue weighted by molar-refractivity contribution is -0.155. The van der Waals surface area contributed by atoms with Gasteiger partial charge >= 0.3 is 5.97 Å². The first-order valence-electron chi connectivity index (χ1n) is 10.7. The molecule has 1 amide bonds. The van der Waals surface area contributed by atoms with Gasteiger partial charge in [-0.2, -0.15) is 0 Å². The van der Waals surface area contributed by atoms with E-state index in [1.54, 1.807) is 20.3 Å². The molecule has 1 N–H and O–H groups in total. The van der Waals surface area contributed by atoms with Crippen molar-refractivity contribution in [2.24, 2.45) is 17.8 Å². The highest BCUT2D eigenvalue weighted by atomic mass is 32.1. The van der Waals surface area contributed by atoms with E-state index in [0.717, 1.165) is 24.8 Å². The second-order valence-electron chi connectivity index (χ2n) is 8.16. The lowest BCUT2D eigenvalue weighted by Crippen LogP contribution is -2.40. The minimum atomic E-state index is -0.451. The van der Waals surface area contributed by atoms with Crippen LogP contribution in [0.5, 0.6) is 11.5 Å². The van der Waals surface area contributed by atoms with Crippen LogP contribution < -0.4 is 14.8 Å². The Hall–Kier alpha value is -2.94. The van der Waals surface area contributed by atoms with Crippen LogP contribution >= 0.6 is 11.3 Å². The zero-order valence-electron chi connectivity index (χ0n) is 18.1. The Kier molecular flexibility index (Phi) is 6.74. The minimum Gasteiger partial charge on any atom is -0.497 e. The summed E-state index contributed by atoms with van der Waals surface area (Å²) in [4.78, 5) is 41.4. The molecule has 1 aromatic heterocycles. The zero-order valence-corrected chi connectivity index (χ0v) is 18.9. The molecule has 1 unspecified atom stereocenters. The van der Waals surface area contributed by atoms with Crippen molar-refractivity contribution < 1.29 is 28.6 Å². The number of fused-ring (bicyclic) bond motifs is 2. The molecule has 2 saturated carbocycles. The van der Waals surface area contributed by atoms with Crippen LogP contribution in [0.25, 0.3) is 11.3 Å². The number of nitrogens with zero attached hydrogens (tertiary/aromatic N) is 1. The Labute approximate surface area is 190 Å². The number of carbonyl (C=O) groups excluding carboxylic acids is 3. The summed E-state index contributed by atoms with van der Waals surface area (Å²) in [6.07, 6.45) is 3.82. The van der Waals surface area contributed by atoms with Gasteiger partial charge in [0.05, 0.1) is 25.8 Å². The van der Waals surface area contributed by atoms with Crippen LogP contribution in [-0.4, -0.2) is 43.5 Å². The molecule has 2 aliphatic carbocycles. The van der Waals surface area contributed by atoms with Gasteiger partial charge in [0.2, 0.25) is 0 Å². The van der Waals surface area contributed by atoms with Crippen LogP contribution in [0.15, 0.2) is 23.6 Å². The summed E-state index contributed by atoms with van der Waals surface area (Å²) in [7, 11) is 3.15. The molecule has 0 spiro atoms. The Bertz CT molecular complexity index is 1000. The number of rotatable bonds is 7. The summed E-state index contributed by atoms with van der Waals surface area (Å²) in [5.41, 5.74) is 1.43. The van der Waals surface area contributed by atoms with E-state index in [2.05, 4.69) is 10.3 Å². The first-order chi connectivity index (χ1) is 15.5. The molecule has 0 radical (unpaired) electrons. The largest absolute Gasteiger partial charge is 0.497 e. The number of nitrogens with one attached hydrogen (secondary N) is 1. The van der Waals surface area contributed by atoms with E-state index in [1.165, 1.54) is 11.3 Å². The topological polar surface area (TPSA) is 104 Å². The van der Waals surface area contributed by atoms with Crippen molar-refractivity contribution in [3.8, 4) is 22.8 Å². The number of esters is 1.